The van der Waals surface area contributed by atoms with E-state index < -0.39 is 7.82 Å². The average Bonchev–Trinajstić information content (AvgIpc) is 1.68. The Bertz CT molecular complexity index is 90.6. The van der Waals surface area contributed by atoms with Gasteiger partial charge < -0.3 is 11.0 Å². The molecule has 0 heterocycles. The second kappa shape index (κ2) is 6.48. The van der Waals surface area contributed by atoms with Gasteiger partial charge in [0.15, 0.2) is 0 Å². The summed E-state index contributed by atoms with van der Waals surface area (Å²) in [5.74, 6) is 0. The minimum Gasteiger partial charge on any atom is -0.344 e. The molecule has 0 bridgehead atoms. The molecule has 0 saturated heterocycles. The SMILES string of the molecule is COP(=O)(O)OC.Cl.N. The van der Waals surface area contributed by atoms with Gasteiger partial charge in [-0.25, -0.2) is 4.57 Å². The molecule has 0 aliphatic rings. The highest BCUT2D eigenvalue weighted by Gasteiger charge is 2.13. The topological polar surface area (TPSA) is 90.8 Å². The van der Waals surface area contributed by atoms with Gasteiger partial charge in [0.2, 0.25) is 0 Å². The summed E-state index contributed by atoms with van der Waals surface area (Å²) in [6.45, 7) is 0. The molecule has 0 aromatic heterocycles. The normalized spacial score (nSPS) is 9.22. The Labute approximate surface area is 60.0 Å². The lowest BCUT2D eigenvalue weighted by molar-refractivity contribution is 0.204. The van der Waals surface area contributed by atoms with Crippen molar-refractivity contribution in [3.05, 3.63) is 0 Å². The first-order valence-corrected chi connectivity index (χ1v) is 3.06. The standard InChI is InChI=1S/C2H7O4P.ClH.H3N/c1-5-7(3,4)6-2;;/h1-2H3,(H,3,4);1H;1H3. The fraction of sp³-hybridized carbons (Fsp3) is 1.00. The van der Waals surface area contributed by atoms with E-state index in [9.17, 15) is 4.57 Å². The first-order chi connectivity index (χ1) is 3.12. The minimum atomic E-state index is -3.65. The van der Waals surface area contributed by atoms with Gasteiger partial charge in [-0.05, 0) is 0 Å². The smallest absolute Gasteiger partial charge is 0.344 e. The summed E-state index contributed by atoms with van der Waals surface area (Å²) >= 11 is 0. The number of halogens is 1. The Balaban J connectivity index is -0.000000180. The molecule has 4 N–H and O–H groups in total. The molecule has 0 unspecified atom stereocenters. The summed E-state index contributed by atoms with van der Waals surface area (Å²) in [6.07, 6.45) is 0. The predicted molar refractivity (Wildman–Crippen MR) is 36.1 cm³/mol. The van der Waals surface area contributed by atoms with Crippen LogP contribution >= 0.6 is 20.2 Å². The lowest BCUT2D eigenvalue weighted by Crippen LogP contribution is -1.83. The van der Waals surface area contributed by atoms with E-state index in [1.54, 1.807) is 0 Å². The third-order valence-corrected chi connectivity index (χ3v) is 1.38. The molecule has 0 atom stereocenters. The van der Waals surface area contributed by atoms with Crippen molar-refractivity contribution in [3.63, 3.8) is 0 Å². The van der Waals surface area contributed by atoms with Crippen LogP contribution in [0.25, 0.3) is 0 Å². The van der Waals surface area contributed by atoms with Crippen molar-refractivity contribution >= 4 is 20.2 Å². The van der Waals surface area contributed by atoms with E-state index in [-0.39, 0.29) is 18.6 Å². The van der Waals surface area contributed by atoms with Crippen LogP contribution in [0.15, 0.2) is 0 Å². The van der Waals surface area contributed by atoms with Crippen LogP contribution in [0.5, 0.6) is 0 Å². The molecule has 9 heavy (non-hydrogen) atoms. The van der Waals surface area contributed by atoms with E-state index >= 15 is 0 Å². The van der Waals surface area contributed by atoms with E-state index in [1.165, 1.54) is 0 Å². The number of rotatable bonds is 2. The molecule has 0 radical (unpaired) electrons. The molecular formula is C2H11ClNO4P. The lowest BCUT2D eigenvalue weighted by atomic mass is 11.8. The maximum absolute atomic E-state index is 10.1. The zero-order valence-electron chi connectivity index (χ0n) is 5.23. The molecule has 0 saturated carbocycles. The van der Waals surface area contributed by atoms with E-state index in [2.05, 4.69) is 9.05 Å². The van der Waals surface area contributed by atoms with Gasteiger partial charge in [0.05, 0.1) is 0 Å². The van der Waals surface area contributed by atoms with E-state index in [1.807, 2.05) is 0 Å². The van der Waals surface area contributed by atoms with Gasteiger partial charge in [-0.1, -0.05) is 0 Å². The van der Waals surface area contributed by atoms with Crippen molar-refractivity contribution in [3.8, 4) is 0 Å². The monoisotopic (exact) mass is 179 g/mol. The second-order valence-corrected chi connectivity index (χ2v) is 2.50. The van der Waals surface area contributed by atoms with E-state index in [0.717, 1.165) is 14.2 Å². The zero-order chi connectivity index (χ0) is 5.91. The quantitative estimate of drug-likeness (QED) is 0.616. The van der Waals surface area contributed by atoms with Gasteiger partial charge in [0.1, 0.15) is 0 Å². The molecule has 0 spiro atoms. The van der Waals surface area contributed by atoms with Gasteiger partial charge in [-0.3, -0.25) is 9.05 Å². The van der Waals surface area contributed by atoms with Crippen LogP contribution in [-0.4, -0.2) is 19.1 Å². The number of hydrogen-bond acceptors (Lipinski definition) is 4. The Kier molecular flexibility index (Phi) is 11.6. The van der Waals surface area contributed by atoms with Crippen molar-refractivity contribution in [2.24, 2.45) is 0 Å². The Morgan fingerprint density at radius 2 is 1.56 bits per heavy atom. The zero-order valence-corrected chi connectivity index (χ0v) is 6.95. The number of hydrogen-bond donors (Lipinski definition) is 2. The van der Waals surface area contributed by atoms with Crippen molar-refractivity contribution in [1.29, 1.82) is 0 Å². The van der Waals surface area contributed by atoms with E-state index in [4.69, 9.17) is 4.89 Å². The highest BCUT2D eigenvalue weighted by atomic mass is 35.5. The third kappa shape index (κ3) is 8.36. The first kappa shape index (κ1) is 16.2. The van der Waals surface area contributed by atoms with Crippen molar-refractivity contribution in [1.82, 2.24) is 6.15 Å². The molecular weight excluding hydrogens is 168 g/mol. The molecule has 0 aromatic carbocycles. The van der Waals surface area contributed by atoms with Crippen LogP contribution in [0, 0.1) is 0 Å². The van der Waals surface area contributed by atoms with Crippen LogP contribution in [0.2, 0.25) is 0 Å². The Hall–Kier alpha value is 0.360. The summed E-state index contributed by atoms with van der Waals surface area (Å²) in [6, 6.07) is 0. The highest BCUT2D eigenvalue weighted by molar-refractivity contribution is 7.47. The molecule has 0 rings (SSSR count). The molecule has 60 valence electrons. The maximum Gasteiger partial charge on any atom is 0.471 e. The number of phosphoric ester groups is 1. The summed E-state index contributed by atoms with van der Waals surface area (Å²) in [5, 5.41) is 0. The molecule has 0 aliphatic carbocycles. The third-order valence-electron chi connectivity index (χ3n) is 0.461. The molecule has 0 aromatic rings. The van der Waals surface area contributed by atoms with Crippen molar-refractivity contribution in [2.75, 3.05) is 14.2 Å². The van der Waals surface area contributed by atoms with E-state index in [0.29, 0.717) is 0 Å². The Morgan fingerprint density at radius 3 is 1.56 bits per heavy atom. The lowest BCUT2D eigenvalue weighted by Gasteiger charge is -2.01. The van der Waals surface area contributed by atoms with Crippen LogP contribution < -0.4 is 6.15 Å². The number of phosphoric acid groups is 1. The average molecular weight is 180 g/mol. The van der Waals surface area contributed by atoms with Gasteiger partial charge >= 0.3 is 7.82 Å². The largest absolute Gasteiger partial charge is 0.471 e. The van der Waals surface area contributed by atoms with Gasteiger partial charge in [0.25, 0.3) is 0 Å². The Morgan fingerprint density at radius 1 is 1.33 bits per heavy atom. The second-order valence-electron chi connectivity index (χ2n) is 0.834. The fourth-order valence-electron chi connectivity index (χ4n) is 0.0745. The van der Waals surface area contributed by atoms with Crippen molar-refractivity contribution < 1.29 is 18.5 Å². The molecule has 7 heteroatoms. The molecule has 0 amide bonds. The molecule has 0 aliphatic heterocycles. The van der Waals surface area contributed by atoms with Gasteiger partial charge in [-0.15, -0.1) is 12.4 Å². The minimum absolute atomic E-state index is 0. The van der Waals surface area contributed by atoms with Crippen LogP contribution in [0.4, 0.5) is 0 Å². The van der Waals surface area contributed by atoms with Gasteiger partial charge in [0, 0.05) is 14.2 Å². The van der Waals surface area contributed by atoms with Gasteiger partial charge in [-0.2, -0.15) is 0 Å². The van der Waals surface area contributed by atoms with Crippen LogP contribution in [0.3, 0.4) is 0 Å². The summed E-state index contributed by atoms with van der Waals surface area (Å²) in [7, 11) is -1.45. The highest BCUT2D eigenvalue weighted by Crippen LogP contribution is 2.40. The summed E-state index contributed by atoms with van der Waals surface area (Å²) in [4.78, 5) is 8.24. The first-order valence-electron chi connectivity index (χ1n) is 1.56. The van der Waals surface area contributed by atoms with Crippen LogP contribution in [-0.2, 0) is 13.6 Å². The fourth-order valence-corrected chi connectivity index (χ4v) is 0.224. The predicted octanol–water partition coefficient (Wildman–Crippen LogP) is 0.963. The maximum atomic E-state index is 10.1. The summed E-state index contributed by atoms with van der Waals surface area (Å²) in [5.41, 5.74) is 0. The molecule has 0 fully saturated rings. The molecule has 5 nitrogen and oxygen atoms in total. The van der Waals surface area contributed by atoms with Crippen molar-refractivity contribution in [2.45, 2.75) is 0 Å². The van der Waals surface area contributed by atoms with Crippen LogP contribution in [0.1, 0.15) is 0 Å². The summed E-state index contributed by atoms with van der Waals surface area (Å²) < 4.78 is 18.0.